The van der Waals surface area contributed by atoms with E-state index in [0.29, 0.717) is 19.8 Å². The second-order valence-corrected chi connectivity index (χ2v) is 6.66. The number of carbonyl (C=O) groups is 1. The van der Waals surface area contributed by atoms with Gasteiger partial charge in [-0.2, -0.15) is 0 Å². The van der Waals surface area contributed by atoms with E-state index in [1.807, 2.05) is 20.8 Å². The molecule has 2 rings (SSSR count). The number of nitrogens with zero attached hydrogens (tertiary/aromatic N) is 1. The summed E-state index contributed by atoms with van der Waals surface area (Å²) in [5, 5.41) is 0. The highest BCUT2D eigenvalue weighted by atomic mass is 16.6. The van der Waals surface area contributed by atoms with Crippen molar-refractivity contribution in [1.29, 1.82) is 0 Å². The third kappa shape index (κ3) is 4.35. The van der Waals surface area contributed by atoms with Gasteiger partial charge < -0.3 is 15.2 Å². The summed E-state index contributed by atoms with van der Waals surface area (Å²) in [5.74, 6) is 0.748. The Bertz CT molecular complexity index is 323. The SMILES string of the molecule is CC(C)(C)OC(=O)N1CCOCC1C(N)CC1CC1. The highest BCUT2D eigenvalue weighted by molar-refractivity contribution is 5.68. The fraction of sp³-hybridized carbons (Fsp3) is 0.929. The van der Waals surface area contributed by atoms with E-state index in [1.165, 1.54) is 12.8 Å². The van der Waals surface area contributed by atoms with E-state index in [-0.39, 0.29) is 18.2 Å². The van der Waals surface area contributed by atoms with Crippen molar-refractivity contribution in [2.24, 2.45) is 11.7 Å². The van der Waals surface area contributed by atoms with Gasteiger partial charge in [0.1, 0.15) is 5.60 Å². The molecule has 1 amide bonds. The number of carbonyl (C=O) groups excluding carboxylic acids is 1. The van der Waals surface area contributed by atoms with Gasteiger partial charge in [0.25, 0.3) is 0 Å². The molecule has 1 aliphatic carbocycles. The van der Waals surface area contributed by atoms with Crippen molar-refractivity contribution in [1.82, 2.24) is 4.90 Å². The highest BCUT2D eigenvalue weighted by Crippen LogP contribution is 2.34. The average molecular weight is 270 g/mol. The Kier molecular flexibility index (Phi) is 4.36. The Labute approximate surface area is 115 Å². The van der Waals surface area contributed by atoms with Gasteiger partial charge >= 0.3 is 6.09 Å². The predicted octanol–water partition coefficient (Wildman–Crippen LogP) is 1.75. The standard InChI is InChI=1S/C14H26N2O3/c1-14(2,3)19-13(17)16-6-7-18-9-12(16)11(15)8-10-4-5-10/h10-12H,4-9,15H2,1-3H3. The molecule has 0 aromatic heterocycles. The van der Waals surface area contributed by atoms with Crippen LogP contribution >= 0.6 is 0 Å². The average Bonchev–Trinajstić information content (AvgIpc) is 3.10. The summed E-state index contributed by atoms with van der Waals surface area (Å²) in [7, 11) is 0. The minimum absolute atomic E-state index is 0.0136. The number of amides is 1. The maximum atomic E-state index is 12.2. The van der Waals surface area contributed by atoms with Crippen LogP contribution < -0.4 is 5.73 Å². The zero-order chi connectivity index (χ0) is 14.0. The largest absolute Gasteiger partial charge is 0.444 e. The summed E-state index contributed by atoms with van der Waals surface area (Å²) in [6, 6.07) is -0.0653. The molecule has 0 bridgehead atoms. The lowest BCUT2D eigenvalue weighted by atomic mass is 10.0. The molecule has 2 atom stereocenters. The fourth-order valence-electron chi connectivity index (χ4n) is 2.42. The minimum atomic E-state index is -0.472. The van der Waals surface area contributed by atoms with Crippen molar-refractivity contribution >= 4 is 6.09 Å². The summed E-state index contributed by atoms with van der Waals surface area (Å²) in [6.07, 6.45) is 3.25. The first-order valence-electron chi connectivity index (χ1n) is 7.20. The van der Waals surface area contributed by atoms with Crippen LogP contribution in [0.15, 0.2) is 0 Å². The first-order valence-corrected chi connectivity index (χ1v) is 7.20. The lowest BCUT2D eigenvalue weighted by molar-refractivity contribution is -0.0388. The van der Waals surface area contributed by atoms with E-state index < -0.39 is 5.60 Å². The third-order valence-electron chi connectivity index (χ3n) is 3.59. The van der Waals surface area contributed by atoms with Gasteiger partial charge in [-0.25, -0.2) is 4.79 Å². The van der Waals surface area contributed by atoms with Crippen LogP contribution in [0, 0.1) is 5.92 Å². The van der Waals surface area contributed by atoms with Gasteiger partial charge in [-0.15, -0.1) is 0 Å². The molecule has 0 spiro atoms. The Morgan fingerprint density at radius 3 is 2.74 bits per heavy atom. The minimum Gasteiger partial charge on any atom is -0.444 e. The fourth-order valence-corrected chi connectivity index (χ4v) is 2.42. The van der Waals surface area contributed by atoms with E-state index in [0.717, 1.165) is 12.3 Å². The van der Waals surface area contributed by atoms with E-state index in [9.17, 15) is 4.79 Å². The zero-order valence-electron chi connectivity index (χ0n) is 12.2. The van der Waals surface area contributed by atoms with Gasteiger partial charge in [0.15, 0.2) is 0 Å². The Morgan fingerprint density at radius 1 is 1.47 bits per heavy atom. The molecule has 2 fully saturated rings. The topological polar surface area (TPSA) is 64.8 Å². The molecule has 19 heavy (non-hydrogen) atoms. The molecule has 2 aliphatic rings. The highest BCUT2D eigenvalue weighted by Gasteiger charge is 2.36. The summed E-state index contributed by atoms with van der Waals surface area (Å²) in [4.78, 5) is 14.0. The quantitative estimate of drug-likeness (QED) is 0.848. The molecule has 1 saturated carbocycles. The normalized spacial score (nSPS) is 26.1. The molecule has 0 radical (unpaired) electrons. The van der Waals surface area contributed by atoms with Crippen molar-refractivity contribution in [3.05, 3.63) is 0 Å². The second kappa shape index (κ2) is 5.67. The molecule has 110 valence electrons. The Morgan fingerprint density at radius 2 is 2.16 bits per heavy atom. The van der Waals surface area contributed by atoms with Crippen molar-refractivity contribution < 1.29 is 14.3 Å². The number of rotatable bonds is 3. The van der Waals surface area contributed by atoms with Gasteiger partial charge in [-0.05, 0) is 33.1 Å². The monoisotopic (exact) mass is 270 g/mol. The lowest BCUT2D eigenvalue weighted by Crippen LogP contribution is -2.57. The predicted molar refractivity (Wildman–Crippen MR) is 72.9 cm³/mol. The second-order valence-electron chi connectivity index (χ2n) is 6.66. The molecule has 2 unspecified atom stereocenters. The number of hydrogen-bond donors (Lipinski definition) is 1. The summed E-state index contributed by atoms with van der Waals surface area (Å²) in [6.45, 7) is 7.29. The molecule has 1 aliphatic heterocycles. The third-order valence-corrected chi connectivity index (χ3v) is 3.59. The number of morpholine rings is 1. The maximum Gasteiger partial charge on any atom is 0.410 e. The molecular formula is C14H26N2O3. The molecule has 2 N–H and O–H groups in total. The van der Waals surface area contributed by atoms with Crippen LogP contribution in [-0.4, -0.2) is 48.4 Å². The summed E-state index contributed by atoms with van der Waals surface area (Å²) in [5.41, 5.74) is 5.78. The van der Waals surface area contributed by atoms with Gasteiger partial charge in [0, 0.05) is 12.6 Å². The molecule has 5 nitrogen and oxygen atoms in total. The van der Waals surface area contributed by atoms with Crippen molar-refractivity contribution in [2.75, 3.05) is 19.8 Å². The maximum absolute atomic E-state index is 12.2. The van der Waals surface area contributed by atoms with E-state index in [4.69, 9.17) is 15.2 Å². The molecule has 0 aromatic carbocycles. The molecule has 1 saturated heterocycles. The lowest BCUT2D eigenvalue weighted by Gasteiger charge is -2.39. The van der Waals surface area contributed by atoms with Crippen LogP contribution in [0.25, 0.3) is 0 Å². The van der Waals surface area contributed by atoms with Crippen LogP contribution in [0.5, 0.6) is 0 Å². The van der Waals surface area contributed by atoms with Crippen LogP contribution in [-0.2, 0) is 9.47 Å². The molecular weight excluding hydrogens is 244 g/mol. The first kappa shape index (κ1) is 14.6. The van der Waals surface area contributed by atoms with Crippen molar-refractivity contribution in [3.63, 3.8) is 0 Å². The molecule has 5 heteroatoms. The summed E-state index contributed by atoms with van der Waals surface area (Å²) < 4.78 is 10.9. The van der Waals surface area contributed by atoms with Crippen LogP contribution in [0.2, 0.25) is 0 Å². The number of nitrogens with two attached hydrogens (primary N) is 1. The first-order chi connectivity index (χ1) is 8.87. The van der Waals surface area contributed by atoms with Crippen LogP contribution in [0.1, 0.15) is 40.0 Å². The number of hydrogen-bond acceptors (Lipinski definition) is 4. The van der Waals surface area contributed by atoms with E-state index in [1.54, 1.807) is 4.90 Å². The Hall–Kier alpha value is -0.810. The van der Waals surface area contributed by atoms with Crippen LogP contribution in [0.3, 0.4) is 0 Å². The van der Waals surface area contributed by atoms with Crippen molar-refractivity contribution in [2.45, 2.75) is 57.7 Å². The van der Waals surface area contributed by atoms with Gasteiger partial charge in [-0.3, -0.25) is 4.90 Å². The van der Waals surface area contributed by atoms with Crippen molar-refractivity contribution in [3.8, 4) is 0 Å². The van der Waals surface area contributed by atoms with Crippen LogP contribution in [0.4, 0.5) is 4.79 Å². The van der Waals surface area contributed by atoms with Gasteiger partial charge in [0.05, 0.1) is 19.3 Å². The van der Waals surface area contributed by atoms with Gasteiger partial charge in [0.2, 0.25) is 0 Å². The zero-order valence-corrected chi connectivity index (χ0v) is 12.2. The molecule has 1 heterocycles. The Balaban J connectivity index is 1.95. The number of ether oxygens (including phenoxy) is 2. The molecule has 0 aromatic rings. The van der Waals surface area contributed by atoms with Gasteiger partial charge in [-0.1, -0.05) is 12.8 Å². The van der Waals surface area contributed by atoms with E-state index >= 15 is 0 Å². The van der Waals surface area contributed by atoms with E-state index in [2.05, 4.69) is 0 Å². The smallest absolute Gasteiger partial charge is 0.410 e. The summed E-state index contributed by atoms with van der Waals surface area (Å²) >= 11 is 0.